The summed E-state index contributed by atoms with van der Waals surface area (Å²) in [6.07, 6.45) is 10.8. The summed E-state index contributed by atoms with van der Waals surface area (Å²) >= 11 is 0. The number of hydrogen-bond donors (Lipinski definition) is 0. The fourth-order valence-electron chi connectivity index (χ4n) is 2.92. The third-order valence-corrected chi connectivity index (χ3v) is 4.03. The molecule has 21 heavy (non-hydrogen) atoms. The van der Waals surface area contributed by atoms with Gasteiger partial charge in [0, 0.05) is 37.8 Å². The molecule has 5 heteroatoms. The smallest absolute Gasteiger partial charge is 0.223 e. The van der Waals surface area contributed by atoms with Crippen molar-refractivity contribution in [2.75, 3.05) is 6.54 Å². The van der Waals surface area contributed by atoms with Crippen LogP contribution in [0.2, 0.25) is 0 Å². The standard InChI is InChI=1S/C16H20N4O/c21-16(5-4-14-6-9-17-10-7-14)20-12-1-3-15(20)13-19-11-2-8-18-19/h2,6-11,15H,1,3-5,12-13H2/t15-/m0/s1. The highest BCUT2D eigenvalue weighted by molar-refractivity contribution is 5.77. The number of likely N-dealkylation sites (tertiary alicyclic amines) is 1. The summed E-state index contributed by atoms with van der Waals surface area (Å²) in [5.41, 5.74) is 1.17. The lowest BCUT2D eigenvalue weighted by atomic mass is 10.1. The molecule has 1 saturated heterocycles. The van der Waals surface area contributed by atoms with Gasteiger partial charge in [-0.05, 0) is 43.0 Å². The average Bonchev–Trinajstić information content (AvgIpc) is 3.18. The molecule has 0 N–H and O–H groups in total. The Balaban J connectivity index is 1.55. The Bertz CT molecular complexity index is 567. The van der Waals surface area contributed by atoms with Crippen LogP contribution in [-0.4, -0.2) is 38.2 Å². The van der Waals surface area contributed by atoms with Crippen LogP contribution in [0.15, 0.2) is 43.0 Å². The third-order valence-electron chi connectivity index (χ3n) is 4.03. The number of carbonyl (C=O) groups is 1. The zero-order valence-corrected chi connectivity index (χ0v) is 12.1. The van der Waals surface area contributed by atoms with Crippen molar-refractivity contribution in [3.05, 3.63) is 48.5 Å². The van der Waals surface area contributed by atoms with Crippen LogP contribution in [0.1, 0.15) is 24.8 Å². The molecule has 2 aromatic rings. The molecule has 0 aromatic carbocycles. The molecule has 3 heterocycles. The predicted molar refractivity (Wildman–Crippen MR) is 79.5 cm³/mol. The van der Waals surface area contributed by atoms with Crippen LogP contribution in [0.5, 0.6) is 0 Å². The first-order chi connectivity index (χ1) is 10.3. The minimum absolute atomic E-state index is 0.251. The highest BCUT2D eigenvalue weighted by Gasteiger charge is 2.28. The lowest BCUT2D eigenvalue weighted by molar-refractivity contribution is -0.132. The summed E-state index contributed by atoms with van der Waals surface area (Å²) < 4.78 is 1.92. The first-order valence-corrected chi connectivity index (χ1v) is 7.49. The summed E-state index contributed by atoms with van der Waals surface area (Å²) in [6, 6.07) is 6.15. The second-order valence-electron chi connectivity index (χ2n) is 5.47. The van der Waals surface area contributed by atoms with Crippen molar-refractivity contribution in [2.45, 2.75) is 38.3 Å². The van der Waals surface area contributed by atoms with Gasteiger partial charge in [0.15, 0.2) is 0 Å². The lowest BCUT2D eigenvalue weighted by Crippen LogP contribution is -2.38. The van der Waals surface area contributed by atoms with E-state index in [1.807, 2.05) is 34.0 Å². The summed E-state index contributed by atoms with van der Waals surface area (Å²) in [5, 5.41) is 4.24. The van der Waals surface area contributed by atoms with E-state index >= 15 is 0 Å². The molecule has 1 aliphatic heterocycles. The third kappa shape index (κ3) is 3.48. The van der Waals surface area contributed by atoms with E-state index in [0.29, 0.717) is 6.42 Å². The van der Waals surface area contributed by atoms with Gasteiger partial charge in [-0.3, -0.25) is 14.5 Å². The average molecular weight is 284 g/mol. The number of aryl methyl sites for hydroxylation is 1. The van der Waals surface area contributed by atoms with E-state index < -0.39 is 0 Å². The molecule has 5 nitrogen and oxygen atoms in total. The zero-order valence-electron chi connectivity index (χ0n) is 12.1. The van der Waals surface area contributed by atoms with E-state index in [-0.39, 0.29) is 11.9 Å². The monoisotopic (exact) mass is 284 g/mol. The van der Waals surface area contributed by atoms with Gasteiger partial charge < -0.3 is 4.90 Å². The van der Waals surface area contributed by atoms with Gasteiger partial charge in [-0.2, -0.15) is 5.10 Å². The second-order valence-corrected chi connectivity index (χ2v) is 5.47. The van der Waals surface area contributed by atoms with E-state index in [2.05, 4.69) is 10.1 Å². The molecule has 0 aliphatic carbocycles. The highest BCUT2D eigenvalue weighted by atomic mass is 16.2. The molecule has 110 valence electrons. The minimum Gasteiger partial charge on any atom is -0.338 e. The maximum Gasteiger partial charge on any atom is 0.223 e. The lowest BCUT2D eigenvalue weighted by Gasteiger charge is -2.24. The number of carbonyl (C=O) groups excluding carboxylic acids is 1. The zero-order chi connectivity index (χ0) is 14.5. The van der Waals surface area contributed by atoms with E-state index in [0.717, 1.165) is 32.4 Å². The van der Waals surface area contributed by atoms with Crippen molar-refractivity contribution >= 4 is 5.91 Å². The molecule has 0 saturated carbocycles. The van der Waals surface area contributed by atoms with Gasteiger partial charge in [0.05, 0.1) is 12.6 Å². The molecule has 1 amide bonds. The largest absolute Gasteiger partial charge is 0.338 e. The van der Waals surface area contributed by atoms with Crippen LogP contribution >= 0.6 is 0 Å². The topological polar surface area (TPSA) is 51.0 Å². The molecule has 1 fully saturated rings. The van der Waals surface area contributed by atoms with Crippen molar-refractivity contribution in [3.63, 3.8) is 0 Å². The van der Waals surface area contributed by atoms with E-state index in [9.17, 15) is 4.79 Å². The summed E-state index contributed by atoms with van der Waals surface area (Å²) in [7, 11) is 0. The molecule has 2 aromatic heterocycles. The van der Waals surface area contributed by atoms with Gasteiger partial charge in [0.2, 0.25) is 5.91 Å². The molecular weight excluding hydrogens is 264 g/mol. The molecule has 0 bridgehead atoms. The Morgan fingerprint density at radius 2 is 2.14 bits per heavy atom. The van der Waals surface area contributed by atoms with Crippen LogP contribution in [-0.2, 0) is 17.8 Å². The van der Waals surface area contributed by atoms with Crippen LogP contribution in [0.25, 0.3) is 0 Å². The number of aromatic nitrogens is 3. The van der Waals surface area contributed by atoms with Crippen molar-refractivity contribution < 1.29 is 4.79 Å². The van der Waals surface area contributed by atoms with Gasteiger partial charge in [0.25, 0.3) is 0 Å². The van der Waals surface area contributed by atoms with Gasteiger partial charge in [-0.25, -0.2) is 0 Å². The van der Waals surface area contributed by atoms with Crippen molar-refractivity contribution in [2.24, 2.45) is 0 Å². The molecular formula is C16H20N4O. The van der Waals surface area contributed by atoms with Gasteiger partial charge >= 0.3 is 0 Å². The predicted octanol–water partition coefficient (Wildman–Crippen LogP) is 1.90. The normalized spacial score (nSPS) is 18.1. The SMILES string of the molecule is O=C(CCc1ccncc1)N1CCC[C@H]1Cn1cccn1. The van der Waals surface area contributed by atoms with Crippen LogP contribution in [0.4, 0.5) is 0 Å². The number of nitrogens with zero attached hydrogens (tertiary/aromatic N) is 4. The van der Waals surface area contributed by atoms with Gasteiger partial charge in [-0.1, -0.05) is 0 Å². The van der Waals surface area contributed by atoms with Gasteiger partial charge in [-0.15, -0.1) is 0 Å². The Morgan fingerprint density at radius 3 is 2.90 bits per heavy atom. The Labute approximate surface area is 124 Å². The van der Waals surface area contributed by atoms with E-state index in [4.69, 9.17) is 0 Å². The molecule has 0 radical (unpaired) electrons. The van der Waals surface area contributed by atoms with Crippen LogP contribution in [0, 0.1) is 0 Å². The Morgan fingerprint density at radius 1 is 1.29 bits per heavy atom. The first-order valence-electron chi connectivity index (χ1n) is 7.49. The fraction of sp³-hybridized carbons (Fsp3) is 0.438. The molecule has 1 aliphatic rings. The quantitative estimate of drug-likeness (QED) is 0.842. The van der Waals surface area contributed by atoms with Crippen LogP contribution < -0.4 is 0 Å². The fourth-order valence-corrected chi connectivity index (χ4v) is 2.92. The summed E-state index contributed by atoms with van der Waals surface area (Å²) in [5.74, 6) is 0.251. The first kappa shape index (κ1) is 13.8. The number of amides is 1. The van der Waals surface area contributed by atoms with Crippen LogP contribution in [0.3, 0.4) is 0 Å². The Kier molecular flexibility index (Phi) is 4.28. The molecule has 1 atom stereocenters. The van der Waals surface area contributed by atoms with Crippen molar-refractivity contribution in [3.8, 4) is 0 Å². The minimum atomic E-state index is 0.251. The molecule has 3 rings (SSSR count). The Hall–Kier alpha value is -2.17. The van der Waals surface area contributed by atoms with Crippen molar-refractivity contribution in [1.82, 2.24) is 19.7 Å². The van der Waals surface area contributed by atoms with E-state index in [1.165, 1.54) is 5.56 Å². The summed E-state index contributed by atoms with van der Waals surface area (Å²) in [4.78, 5) is 18.5. The maximum atomic E-state index is 12.4. The number of rotatable bonds is 5. The number of hydrogen-bond acceptors (Lipinski definition) is 3. The molecule has 0 spiro atoms. The van der Waals surface area contributed by atoms with E-state index in [1.54, 1.807) is 18.6 Å². The molecule has 0 unspecified atom stereocenters. The summed E-state index contributed by atoms with van der Waals surface area (Å²) in [6.45, 7) is 1.68. The maximum absolute atomic E-state index is 12.4. The number of pyridine rings is 1. The second kappa shape index (κ2) is 6.52. The highest BCUT2D eigenvalue weighted by Crippen LogP contribution is 2.20. The van der Waals surface area contributed by atoms with Crippen molar-refractivity contribution in [1.29, 1.82) is 0 Å². The van der Waals surface area contributed by atoms with Gasteiger partial charge in [0.1, 0.15) is 0 Å².